The molecule has 1 spiro atoms. The molecular weight excluding hydrogens is 444 g/mol. The van der Waals surface area contributed by atoms with Gasteiger partial charge in [-0.25, -0.2) is 5.01 Å². The molecule has 1 unspecified atom stereocenters. The molecule has 1 heterocycles. The summed E-state index contributed by atoms with van der Waals surface area (Å²) in [4.78, 5) is 28.6. The second-order valence-corrected chi connectivity index (χ2v) is 8.89. The van der Waals surface area contributed by atoms with Crippen LogP contribution in [0.15, 0.2) is 114 Å². The molecule has 0 aromatic heterocycles. The lowest BCUT2D eigenvalue weighted by Crippen LogP contribution is -2.57. The van der Waals surface area contributed by atoms with Gasteiger partial charge < -0.3 is 0 Å². The van der Waals surface area contributed by atoms with Crippen LogP contribution in [-0.4, -0.2) is 22.8 Å². The van der Waals surface area contributed by atoms with Crippen LogP contribution >= 0.6 is 11.6 Å². The van der Waals surface area contributed by atoms with E-state index in [2.05, 4.69) is 0 Å². The van der Waals surface area contributed by atoms with Crippen molar-refractivity contribution in [3.8, 4) is 0 Å². The van der Waals surface area contributed by atoms with Crippen LogP contribution < -0.4 is 5.01 Å². The number of carbonyl (C=O) groups excluding carboxylic acids is 2. The summed E-state index contributed by atoms with van der Waals surface area (Å²) in [6, 6.07) is 33.5. The van der Waals surface area contributed by atoms with E-state index in [0.717, 1.165) is 11.1 Å². The number of Topliss-reactive ketones (excluding diaryl/α,β-unsaturated/α-hetero) is 2. The van der Waals surface area contributed by atoms with Crippen molar-refractivity contribution in [3.63, 3.8) is 0 Å². The quantitative estimate of drug-likeness (QED) is 0.342. The summed E-state index contributed by atoms with van der Waals surface area (Å²) in [5, 5.41) is 7.23. The van der Waals surface area contributed by atoms with Gasteiger partial charge in [0.2, 0.25) is 5.54 Å². The summed E-state index contributed by atoms with van der Waals surface area (Å²) in [7, 11) is 0. The van der Waals surface area contributed by atoms with Gasteiger partial charge in [-0.2, -0.15) is 5.10 Å². The Morgan fingerprint density at radius 2 is 1.21 bits per heavy atom. The number of ketones is 2. The molecule has 34 heavy (non-hydrogen) atoms. The molecule has 0 saturated carbocycles. The molecule has 164 valence electrons. The van der Waals surface area contributed by atoms with Gasteiger partial charge in [0.05, 0.1) is 17.3 Å². The maximum atomic E-state index is 14.3. The molecule has 0 amide bonds. The van der Waals surface area contributed by atoms with Gasteiger partial charge in [-0.15, -0.1) is 0 Å². The molecule has 0 radical (unpaired) electrons. The normalized spacial score (nSPS) is 18.3. The summed E-state index contributed by atoms with van der Waals surface area (Å²) in [5.41, 5.74) is 2.30. The fourth-order valence-corrected chi connectivity index (χ4v) is 5.26. The largest absolute Gasteiger partial charge is 0.291 e. The lowest BCUT2D eigenvalue weighted by Gasteiger charge is -2.36. The summed E-state index contributed by atoms with van der Waals surface area (Å²) < 4.78 is 0. The number of carbonyl (C=O) groups is 2. The summed E-state index contributed by atoms with van der Waals surface area (Å²) in [5.74, 6) is -1.11. The first-order valence-electron chi connectivity index (χ1n) is 11.1. The number of fused-ring (bicyclic) bond motifs is 1. The van der Waals surface area contributed by atoms with E-state index in [1.165, 1.54) is 0 Å². The molecule has 4 aromatic rings. The van der Waals surface area contributed by atoms with E-state index in [1.54, 1.807) is 41.4 Å². The number of hydrogen-bond acceptors (Lipinski definition) is 4. The van der Waals surface area contributed by atoms with Crippen LogP contribution in [0.3, 0.4) is 0 Å². The third-order valence-electron chi connectivity index (χ3n) is 6.62. The Balaban J connectivity index is 1.68. The number of hydrogen-bond donors (Lipinski definition) is 0. The zero-order chi connectivity index (χ0) is 23.3. The maximum Gasteiger partial charge on any atom is 0.201 e. The van der Waals surface area contributed by atoms with Crippen molar-refractivity contribution in [2.24, 2.45) is 5.10 Å². The lowest BCUT2D eigenvalue weighted by atomic mass is 9.72. The van der Waals surface area contributed by atoms with E-state index in [9.17, 15) is 9.59 Å². The van der Waals surface area contributed by atoms with Crippen LogP contribution in [0.25, 0.3) is 0 Å². The van der Waals surface area contributed by atoms with Crippen molar-refractivity contribution in [2.45, 2.75) is 11.5 Å². The number of nitrogens with zero attached hydrogens (tertiary/aromatic N) is 2. The first kappa shape index (κ1) is 20.6. The highest BCUT2D eigenvalue weighted by Crippen LogP contribution is 2.51. The first-order valence-corrected chi connectivity index (χ1v) is 11.4. The molecule has 0 fully saturated rings. The smallest absolute Gasteiger partial charge is 0.201 e. The molecule has 4 nitrogen and oxygen atoms in total. The van der Waals surface area contributed by atoms with Gasteiger partial charge in [0.15, 0.2) is 11.6 Å². The molecule has 1 atom stereocenters. The first-order chi connectivity index (χ1) is 16.6. The number of para-hydroxylation sites is 1. The van der Waals surface area contributed by atoms with Gasteiger partial charge in [-0.1, -0.05) is 96.5 Å². The number of rotatable bonds is 3. The Kier molecular flexibility index (Phi) is 4.71. The highest BCUT2D eigenvalue weighted by Gasteiger charge is 2.66. The number of benzene rings is 4. The van der Waals surface area contributed by atoms with Crippen molar-refractivity contribution >= 4 is 34.6 Å². The zero-order valence-electron chi connectivity index (χ0n) is 18.1. The average molecular weight is 463 g/mol. The molecular formula is C29H19ClN2O2. The van der Waals surface area contributed by atoms with E-state index >= 15 is 0 Å². The maximum absolute atomic E-state index is 14.3. The Labute approximate surface area is 202 Å². The van der Waals surface area contributed by atoms with Crippen molar-refractivity contribution in [1.82, 2.24) is 0 Å². The Bertz CT molecular complexity index is 1410. The van der Waals surface area contributed by atoms with Gasteiger partial charge in [0, 0.05) is 16.1 Å². The van der Waals surface area contributed by atoms with Gasteiger partial charge in [-0.3, -0.25) is 9.59 Å². The molecule has 1 aliphatic carbocycles. The second kappa shape index (κ2) is 7.79. The molecule has 4 aromatic carbocycles. The van der Waals surface area contributed by atoms with Crippen LogP contribution in [0.1, 0.15) is 37.8 Å². The van der Waals surface area contributed by atoms with E-state index in [1.807, 2.05) is 72.8 Å². The number of halogens is 1. The number of hydrazone groups is 1. The minimum absolute atomic E-state index is 0.244. The van der Waals surface area contributed by atoms with Gasteiger partial charge >= 0.3 is 0 Å². The van der Waals surface area contributed by atoms with E-state index in [0.29, 0.717) is 27.5 Å². The summed E-state index contributed by atoms with van der Waals surface area (Å²) in [6.45, 7) is 0. The van der Waals surface area contributed by atoms with Crippen molar-refractivity contribution in [2.75, 3.05) is 5.01 Å². The number of anilines is 1. The lowest BCUT2D eigenvalue weighted by molar-refractivity contribution is 0.0791. The standard InChI is InChI=1S/C29H19ClN2O2/c30-21-17-15-19(16-18-21)25-26(20-9-3-1-4-10-20)31-32(22-11-5-2-6-12-22)29(25)27(33)23-13-7-8-14-24(23)28(29)34/h1-18,25H. The molecule has 5 heteroatoms. The molecule has 2 aliphatic rings. The molecule has 0 bridgehead atoms. The molecule has 0 saturated heterocycles. The predicted octanol–water partition coefficient (Wildman–Crippen LogP) is 6.17. The van der Waals surface area contributed by atoms with Crippen LogP contribution in [-0.2, 0) is 0 Å². The van der Waals surface area contributed by atoms with E-state index in [4.69, 9.17) is 16.7 Å². The minimum atomic E-state index is -1.57. The van der Waals surface area contributed by atoms with Crippen LogP contribution in [0.2, 0.25) is 5.02 Å². The van der Waals surface area contributed by atoms with Crippen LogP contribution in [0, 0.1) is 0 Å². The van der Waals surface area contributed by atoms with Gasteiger partial charge in [-0.05, 0) is 35.4 Å². The van der Waals surface area contributed by atoms with Crippen molar-refractivity contribution in [3.05, 3.63) is 136 Å². The van der Waals surface area contributed by atoms with E-state index in [-0.39, 0.29) is 11.6 Å². The molecule has 1 aliphatic heterocycles. The topological polar surface area (TPSA) is 49.7 Å². The molecule has 6 rings (SSSR count). The zero-order valence-corrected chi connectivity index (χ0v) is 18.8. The SMILES string of the molecule is O=C1c2ccccc2C(=O)C12C(c1ccc(Cl)cc1)C(c1ccccc1)=NN2c1ccccc1. The Morgan fingerprint density at radius 3 is 1.79 bits per heavy atom. The highest BCUT2D eigenvalue weighted by atomic mass is 35.5. The van der Waals surface area contributed by atoms with Crippen LogP contribution in [0.4, 0.5) is 5.69 Å². The average Bonchev–Trinajstić information content (AvgIpc) is 3.36. The van der Waals surface area contributed by atoms with Gasteiger partial charge in [0.1, 0.15) is 0 Å². The third-order valence-corrected chi connectivity index (χ3v) is 6.87. The fraction of sp³-hybridized carbons (Fsp3) is 0.0690. The summed E-state index contributed by atoms with van der Waals surface area (Å²) in [6.07, 6.45) is 0. The highest BCUT2D eigenvalue weighted by molar-refractivity contribution is 6.39. The minimum Gasteiger partial charge on any atom is -0.291 e. The van der Waals surface area contributed by atoms with Gasteiger partial charge in [0.25, 0.3) is 0 Å². The predicted molar refractivity (Wildman–Crippen MR) is 134 cm³/mol. The van der Waals surface area contributed by atoms with Crippen molar-refractivity contribution < 1.29 is 9.59 Å². The summed E-state index contributed by atoms with van der Waals surface area (Å²) >= 11 is 6.20. The molecule has 0 N–H and O–H groups in total. The van der Waals surface area contributed by atoms with Crippen molar-refractivity contribution in [1.29, 1.82) is 0 Å². The Morgan fingerprint density at radius 1 is 0.676 bits per heavy atom. The fourth-order valence-electron chi connectivity index (χ4n) is 5.13. The third kappa shape index (κ3) is 2.82. The second-order valence-electron chi connectivity index (χ2n) is 8.45. The monoisotopic (exact) mass is 462 g/mol. The van der Waals surface area contributed by atoms with Crippen LogP contribution in [0.5, 0.6) is 0 Å². The van der Waals surface area contributed by atoms with E-state index < -0.39 is 11.5 Å². The Hall–Kier alpha value is -4.02.